The average molecular weight is 263 g/mol. The molecule has 2 heterocycles. The standard InChI is InChI=1S/C11H14N5OP/c1-16-5-3-8-10(16)13-7-9(14-8)15-11(17)12-4-6-18-2/h3,5,7H,2,4,6H2,1H3,(H2,12,14,15,17). The van der Waals surface area contributed by atoms with Crippen molar-refractivity contribution >= 4 is 37.5 Å². The van der Waals surface area contributed by atoms with E-state index in [0.29, 0.717) is 12.4 Å². The molecule has 0 radical (unpaired) electrons. The number of aromatic nitrogens is 3. The lowest BCUT2D eigenvalue weighted by Gasteiger charge is -2.05. The number of nitrogens with one attached hydrogen (secondary N) is 2. The maximum Gasteiger partial charge on any atom is 0.320 e. The quantitative estimate of drug-likeness (QED) is 0.648. The summed E-state index contributed by atoms with van der Waals surface area (Å²) in [6.07, 6.45) is 7.93. The van der Waals surface area contributed by atoms with Crippen molar-refractivity contribution in [2.24, 2.45) is 7.05 Å². The van der Waals surface area contributed by atoms with Crippen LogP contribution in [0.5, 0.6) is 0 Å². The number of anilines is 1. The summed E-state index contributed by atoms with van der Waals surface area (Å²) in [7, 11) is 2.91. The monoisotopic (exact) mass is 263 g/mol. The molecule has 94 valence electrons. The van der Waals surface area contributed by atoms with E-state index >= 15 is 0 Å². The molecule has 6 nitrogen and oxygen atoms in total. The highest BCUT2D eigenvalue weighted by Crippen LogP contribution is 2.11. The third kappa shape index (κ3) is 2.84. The van der Waals surface area contributed by atoms with E-state index in [1.807, 2.05) is 23.9 Å². The highest BCUT2D eigenvalue weighted by atomic mass is 31.1. The van der Waals surface area contributed by atoms with E-state index in [1.54, 1.807) is 6.20 Å². The van der Waals surface area contributed by atoms with Crippen LogP contribution in [-0.4, -0.2) is 39.6 Å². The Morgan fingerprint density at radius 3 is 3.22 bits per heavy atom. The molecule has 0 aliphatic rings. The Bertz CT molecular complexity index is 580. The molecule has 2 N–H and O–H groups in total. The lowest BCUT2D eigenvalue weighted by atomic mass is 10.5. The second-order valence-corrected chi connectivity index (χ2v) is 4.61. The Labute approximate surface area is 106 Å². The maximum atomic E-state index is 11.5. The third-order valence-corrected chi connectivity index (χ3v) is 2.91. The molecule has 0 saturated heterocycles. The molecule has 0 saturated carbocycles. The Morgan fingerprint density at radius 1 is 1.61 bits per heavy atom. The van der Waals surface area contributed by atoms with Gasteiger partial charge in [-0.1, -0.05) is 6.30 Å². The first-order valence-electron chi connectivity index (χ1n) is 5.46. The number of carbonyl (C=O) groups is 1. The van der Waals surface area contributed by atoms with Gasteiger partial charge in [0.15, 0.2) is 11.5 Å². The summed E-state index contributed by atoms with van der Waals surface area (Å²) in [6.45, 7) is 0.595. The van der Waals surface area contributed by atoms with E-state index in [1.165, 1.54) is 0 Å². The Hall–Kier alpha value is -1.94. The molecule has 0 atom stereocenters. The van der Waals surface area contributed by atoms with Crippen LogP contribution < -0.4 is 10.6 Å². The van der Waals surface area contributed by atoms with Crippen molar-refractivity contribution in [2.75, 3.05) is 18.0 Å². The number of amides is 2. The third-order valence-electron chi connectivity index (χ3n) is 2.37. The Balaban J connectivity index is 2.03. The maximum absolute atomic E-state index is 11.5. The first-order chi connectivity index (χ1) is 8.70. The number of hydrogen-bond donors (Lipinski definition) is 2. The van der Waals surface area contributed by atoms with Gasteiger partial charge in [-0.25, -0.2) is 14.8 Å². The number of hydrogen-bond acceptors (Lipinski definition) is 3. The predicted octanol–water partition coefficient (Wildman–Crippen LogP) is 1.47. The molecule has 2 amide bonds. The summed E-state index contributed by atoms with van der Waals surface area (Å²) < 4.78 is 1.87. The van der Waals surface area contributed by atoms with Gasteiger partial charge in [0.2, 0.25) is 0 Å². The van der Waals surface area contributed by atoms with Crippen molar-refractivity contribution in [3.63, 3.8) is 0 Å². The molecule has 0 bridgehead atoms. The SMILES string of the molecule is C=PCCNC(=O)Nc1cnc2c(ccn2C)n1. The van der Waals surface area contributed by atoms with Crippen LogP contribution in [0.25, 0.3) is 11.2 Å². The number of nitrogens with zero attached hydrogens (tertiary/aromatic N) is 3. The van der Waals surface area contributed by atoms with E-state index in [2.05, 4.69) is 26.9 Å². The van der Waals surface area contributed by atoms with E-state index in [9.17, 15) is 4.79 Å². The van der Waals surface area contributed by atoms with Crippen LogP contribution in [0.4, 0.5) is 10.6 Å². The summed E-state index contributed by atoms with van der Waals surface area (Å²) in [6, 6.07) is 1.58. The fraction of sp³-hybridized carbons (Fsp3) is 0.273. The predicted molar refractivity (Wildman–Crippen MR) is 74.4 cm³/mol. The summed E-state index contributed by atoms with van der Waals surface area (Å²) >= 11 is 0. The summed E-state index contributed by atoms with van der Waals surface area (Å²) in [4.78, 5) is 20.0. The zero-order valence-electron chi connectivity index (χ0n) is 10.1. The topological polar surface area (TPSA) is 71.8 Å². The minimum Gasteiger partial charge on any atom is -0.337 e. The van der Waals surface area contributed by atoms with Gasteiger partial charge in [0, 0.05) is 26.0 Å². The molecular formula is C11H14N5OP. The number of aryl methyl sites for hydroxylation is 1. The highest BCUT2D eigenvalue weighted by molar-refractivity contribution is 7.36. The van der Waals surface area contributed by atoms with Crippen LogP contribution >= 0.6 is 8.20 Å². The molecule has 0 spiro atoms. The molecule has 2 rings (SSSR count). The van der Waals surface area contributed by atoms with Crippen LogP contribution in [0.15, 0.2) is 18.5 Å². The first kappa shape index (κ1) is 12.5. The van der Waals surface area contributed by atoms with Crippen molar-refractivity contribution in [3.05, 3.63) is 18.5 Å². The van der Waals surface area contributed by atoms with Gasteiger partial charge >= 0.3 is 6.03 Å². The van der Waals surface area contributed by atoms with E-state index in [-0.39, 0.29) is 6.03 Å². The van der Waals surface area contributed by atoms with Gasteiger partial charge in [-0.05, 0) is 6.07 Å². The van der Waals surface area contributed by atoms with Crippen LogP contribution in [0.1, 0.15) is 0 Å². The van der Waals surface area contributed by atoms with Gasteiger partial charge in [0.1, 0.15) is 5.52 Å². The molecule has 0 aliphatic heterocycles. The number of carbonyl (C=O) groups excluding carboxylic acids is 1. The van der Waals surface area contributed by atoms with Crippen LogP contribution in [0.3, 0.4) is 0 Å². The Kier molecular flexibility index (Phi) is 3.89. The molecule has 7 heteroatoms. The number of fused-ring (bicyclic) bond motifs is 1. The Morgan fingerprint density at radius 2 is 2.44 bits per heavy atom. The minimum atomic E-state index is -0.275. The summed E-state index contributed by atoms with van der Waals surface area (Å²) in [5.74, 6) is 0.443. The molecular weight excluding hydrogens is 249 g/mol. The van der Waals surface area contributed by atoms with Crippen molar-refractivity contribution < 1.29 is 4.79 Å². The molecule has 2 aromatic rings. The molecule has 18 heavy (non-hydrogen) atoms. The molecule has 0 unspecified atom stereocenters. The van der Waals surface area contributed by atoms with Crippen molar-refractivity contribution in [1.29, 1.82) is 0 Å². The molecule has 0 aliphatic carbocycles. The number of urea groups is 1. The zero-order valence-corrected chi connectivity index (χ0v) is 10.9. The highest BCUT2D eigenvalue weighted by Gasteiger charge is 2.05. The normalized spacial score (nSPS) is 10.7. The van der Waals surface area contributed by atoms with Crippen LogP contribution in [-0.2, 0) is 7.05 Å². The van der Waals surface area contributed by atoms with Crippen molar-refractivity contribution in [3.8, 4) is 0 Å². The lowest BCUT2D eigenvalue weighted by Crippen LogP contribution is -2.30. The van der Waals surface area contributed by atoms with Gasteiger partial charge in [-0.2, -0.15) is 0 Å². The van der Waals surface area contributed by atoms with Crippen LogP contribution in [0.2, 0.25) is 0 Å². The lowest BCUT2D eigenvalue weighted by molar-refractivity contribution is 0.252. The van der Waals surface area contributed by atoms with E-state index in [4.69, 9.17) is 0 Å². The zero-order chi connectivity index (χ0) is 13.0. The smallest absolute Gasteiger partial charge is 0.320 e. The van der Waals surface area contributed by atoms with E-state index in [0.717, 1.165) is 25.5 Å². The van der Waals surface area contributed by atoms with Gasteiger partial charge in [-0.15, -0.1) is 8.20 Å². The van der Waals surface area contributed by atoms with E-state index < -0.39 is 0 Å². The molecule has 0 aromatic carbocycles. The molecule has 0 fully saturated rings. The van der Waals surface area contributed by atoms with Crippen molar-refractivity contribution in [2.45, 2.75) is 0 Å². The van der Waals surface area contributed by atoms with Gasteiger partial charge < -0.3 is 9.88 Å². The number of rotatable bonds is 4. The fourth-order valence-electron chi connectivity index (χ4n) is 1.50. The summed E-state index contributed by atoms with van der Waals surface area (Å²) in [5.41, 5.74) is 1.54. The molecule has 2 aromatic heterocycles. The largest absolute Gasteiger partial charge is 0.337 e. The van der Waals surface area contributed by atoms with Gasteiger partial charge in [-0.3, -0.25) is 5.32 Å². The van der Waals surface area contributed by atoms with Gasteiger partial charge in [0.25, 0.3) is 0 Å². The second kappa shape index (κ2) is 5.60. The average Bonchev–Trinajstić information content (AvgIpc) is 2.71. The summed E-state index contributed by atoms with van der Waals surface area (Å²) in [5, 5.41) is 5.36. The fourth-order valence-corrected chi connectivity index (χ4v) is 1.77. The first-order valence-corrected chi connectivity index (χ1v) is 6.72. The van der Waals surface area contributed by atoms with Gasteiger partial charge in [0.05, 0.1) is 6.20 Å². The second-order valence-electron chi connectivity index (χ2n) is 3.72. The van der Waals surface area contributed by atoms with Crippen LogP contribution in [0, 0.1) is 0 Å². The van der Waals surface area contributed by atoms with Crippen molar-refractivity contribution in [1.82, 2.24) is 19.9 Å². The minimum absolute atomic E-state index is 0.275.